The highest BCUT2D eigenvalue weighted by molar-refractivity contribution is 6.46. The van der Waals surface area contributed by atoms with E-state index in [1.54, 1.807) is 41.7 Å². The molecule has 0 spiro atoms. The fourth-order valence-electron chi connectivity index (χ4n) is 4.29. The number of methoxy groups -OCH3 is 1. The van der Waals surface area contributed by atoms with Crippen molar-refractivity contribution in [1.82, 2.24) is 14.5 Å². The van der Waals surface area contributed by atoms with Crippen molar-refractivity contribution in [2.75, 3.05) is 13.7 Å². The van der Waals surface area contributed by atoms with Crippen LogP contribution in [0.1, 0.15) is 48.9 Å². The van der Waals surface area contributed by atoms with Crippen LogP contribution in [0.25, 0.3) is 5.76 Å². The number of carbonyl (C=O) groups excluding carboxylic acids is 2. The van der Waals surface area contributed by atoms with Crippen LogP contribution >= 0.6 is 0 Å². The first kappa shape index (κ1) is 23.3. The van der Waals surface area contributed by atoms with Crippen molar-refractivity contribution < 1.29 is 19.4 Å². The largest absolute Gasteiger partial charge is 0.507 e. The molecule has 3 aromatic rings. The Morgan fingerprint density at radius 1 is 1.12 bits per heavy atom. The summed E-state index contributed by atoms with van der Waals surface area (Å²) >= 11 is 0. The summed E-state index contributed by atoms with van der Waals surface area (Å²) < 4.78 is 7.20. The summed E-state index contributed by atoms with van der Waals surface area (Å²) in [6, 6.07) is 14.1. The topological polar surface area (TPSA) is 84.7 Å². The number of likely N-dealkylation sites (tertiary alicyclic amines) is 1. The number of rotatable bonds is 8. The molecule has 0 bridgehead atoms. The highest BCUT2D eigenvalue weighted by Gasteiger charge is 2.45. The molecule has 1 N–H and O–H groups in total. The van der Waals surface area contributed by atoms with Crippen molar-refractivity contribution in [3.63, 3.8) is 0 Å². The second-order valence-electron chi connectivity index (χ2n) is 8.70. The summed E-state index contributed by atoms with van der Waals surface area (Å²) in [4.78, 5) is 31.9. The molecule has 7 heteroatoms. The van der Waals surface area contributed by atoms with Crippen molar-refractivity contribution in [1.29, 1.82) is 0 Å². The van der Waals surface area contributed by atoms with E-state index in [9.17, 15) is 14.7 Å². The van der Waals surface area contributed by atoms with Crippen LogP contribution in [0.15, 0.2) is 72.8 Å². The Morgan fingerprint density at radius 2 is 1.88 bits per heavy atom. The molecule has 1 unspecified atom stereocenters. The van der Waals surface area contributed by atoms with E-state index < -0.39 is 17.7 Å². The van der Waals surface area contributed by atoms with Gasteiger partial charge >= 0.3 is 0 Å². The molecular formula is C27H29N3O4. The van der Waals surface area contributed by atoms with E-state index >= 15 is 0 Å². The van der Waals surface area contributed by atoms with Gasteiger partial charge in [0, 0.05) is 31.0 Å². The number of imidazole rings is 1. The first-order valence-corrected chi connectivity index (χ1v) is 11.4. The van der Waals surface area contributed by atoms with E-state index in [2.05, 4.69) is 18.8 Å². The number of nitrogens with zero attached hydrogens (tertiary/aromatic N) is 3. The van der Waals surface area contributed by atoms with Gasteiger partial charge in [-0.1, -0.05) is 50.2 Å². The molecule has 1 aliphatic heterocycles. The van der Waals surface area contributed by atoms with Gasteiger partial charge < -0.3 is 19.3 Å². The number of aliphatic hydroxyl groups is 1. The van der Waals surface area contributed by atoms with Crippen molar-refractivity contribution in [3.05, 3.63) is 89.5 Å². The molecular weight excluding hydrogens is 430 g/mol. The van der Waals surface area contributed by atoms with Crippen LogP contribution in [0.4, 0.5) is 0 Å². The third-order valence-electron chi connectivity index (χ3n) is 6.18. The molecule has 2 aromatic carbocycles. The zero-order chi connectivity index (χ0) is 24.2. The summed E-state index contributed by atoms with van der Waals surface area (Å²) in [5, 5.41) is 11.2. The van der Waals surface area contributed by atoms with E-state index in [0.717, 1.165) is 11.1 Å². The summed E-state index contributed by atoms with van der Waals surface area (Å²) in [5.74, 6) is -0.579. The van der Waals surface area contributed by atoms with Gasteiger partial charge in [-0.3, -0.25) is 9.59 Å². The summed E-state index contributed by atoms with van der Waals surface area (Å²) in [6.45, 7) is 5.26. The minimum Gasteiger partial charge on any atom is -0.507 e. The molecule has 2 heterocycles. The Labute approximate surface area is 199 Å². The number of hydrogen-bond donors (Lipinski definition) is 1. The molecule has 176 valence electrons. The summed E-state index contributed by atoms with van der Waals surface area (Å²) in [7, 11) is 1.54. The molecule has 34 heavy (non-hydrogen) atoms. The van der Waals surface area contributed by atoms with Crippen LogP contribution in [0.2, 0.25) is 0 Å². The lowest BCUT2D eigenvalue weighted by Gasteiger charge is -2.26. The van der Waals surface area contributed by atoms with Crippen LogP contribution in [-0.2, 0) is 16.1 Å². The summed E-state index contributed by atoms with van der Waals surface area (Å²) in [5.41, 5.74) is 2.47. The predicted octanol–water partition coefficient (Wildman–Crippen LogP) is 4.53. The van der Waals surface area contributed by atoms with Crippen LogP contribution in [0.5, 0.6) is 5.75 Å². The lowest BCUT2D eigenvalue weighted by atomic mass is 9.93. The van der Waals surface area contributed by atoms with E-state index in [4.69, 9.17) is 4.74 Å². The van der Waals surface area contributed by atoms with Crippen molar-refractivity contribution in [2.24, 2.45) is 0 Å². The number of aliphatic hydroxyl groups excluding tert-OH is 1. The van der Waals surface area contributed by atoms with Gasteiger partial charge in [0.1, 0.15) is 11.5 Å². The third-order valence-corrected chi connectivity index (χ3v) is 6.18. The zero-order valence-corrected chi connectivity index (χ0v) is 19.6. The highest BCUT2D eigenvalue weighted by Crippen LogP contribution is 2.40. The van der Waals surface area contributed by atoms with Gasteiger partial charge in [0.25, 0.3) is 11.7 Å². The Balaban J connectivity index is 1.74. The molecule has 1 fully saturated rings. The maximum atomic E-state index is 13.2. The maximum Gasteiger partial charge on any atom is 0.295 e. The van der Waals surface area contributed by atoms with E-state index in [1.807, 2.05) is 35.0 Å². The summed E-state index contributed by atoms with van der Waals surface area (Å²) in [6.07, 6.45) is 5.93. The quantitative estimate of drug-likeness (QED) is 0.304. The number of amides is 1. The maximum absolute atomic E-state index is 13.2. The molecule has 0 saturated carbocycles. The van der Waals surface area contributed by atoms with Crippen LogP contribution in [0, 0.1) is 0 Å². The third kappa shape index (κ3) is 4.59. The van der Waals surface area contributed by atoms with Gasteiger partial charge in [-0.15, -0.1) is 0 Å². The van der Waals surface area contributed by atoms with Gasteiger partial charge in [0.2, 0.25) is 0 Å². The number of aryl methyl sites for hydroxylation is 1. The Bertz CT molecular complexity index is 1200. The first-order valence-electron chi connectivity index (χ1n) is 11.4. The van der Waals surface area contributed by atoms with Gasteiger partial charge in [-0.05, 0) is 35.6 Å². The zero-order valence-electron chi connectivity index (χ0n) is 19.6. The second kappa shape index (κ2) is 9.95. The fraction of sp³-hybridized carbons (Fsp3) is 0.296. The molecule has 1 amide bonds. The van der Waals surface area contributed by atoms with Gasteiger partial charge in [-0.2, -0.15) is 0 Å². The molecule has 1 aromatic heterocycles. The minimum absolute atomic E-state index is 0.0955. The number of benzene rings is 2. The van der Waals surface area contributed by atoms with Gasteiger partial charge in [0.15, 0.2) is 0 Å². The second-order valence-corrected chi connectivity index (χ2v) is 8.70. The number of carbonyl (C=O) groups is 2. The first-order chi connectivity index (χ1) is 16.4. The van der Waals surface area contributed by atoms with E-state index in [1.165, 1.54) is 7.11 Å². The van der Waals surface area contributed by atoms with Crippen molar-refractivity contribution in [3.8, 4) is 5.75 Å². The normalized spacial score (nSPS) is 17.5. The number of aromatic nitrogens is 2. The standard InChI is InChI=1S/C27H29N3O4/c1-18(2)19-8-10-20(11-9-19)24-23(25(31)21-6-4-7-22(16-21)34-3)26(32)27(33)30(24)14-5-13-29-15-12-28-17-29/h4,6-12,15-18,24,31H,5,13-14H2,1-3H3. The Kier molecular flexibility index (Phi) is 6.82. The van der Waals surface area contributed by atoms with Gasteiger partial charge in [-0.25, -0.2) is 4.98 Å². The average Bonchev–Trinajstić information content (AvgIpc) is 3.46. The Morgan fingerprint density at radius 3 is 2.53 bits per heavy atom. The number of ether oxygens (including phenoxy) is 1. The highest BCUT2D eigenvalue weighted by atomic mass is 16.5. The smallest absolute Gasteiger partial charge is 0.295 e. The van der Waals surface area contributed by atoms with Gasteiger partial charge in [0.05, 0.1) is 25.1 Å². The van der Waals surface area contributed by atoms with Crippen LogP contribution in [-0.4, -0.2) is 44.9 Å². The Hall–Kier alpha value is -3.87. The van der Waals surface area contributed by atoms with Crippen LogP contribution in [0.3, 0.4) is 0 Å². The van der Waals surface area contributed by atoms with Crippen LogP contribution < -0.4 is 4.74 Å². The minimum atomic E-state index is -0.680. The molecule has 0 radical (unpaired) electrons. The number of Topliss-reactive ketones (excluding diaryl/α,β-unsaturated/α-hetero) is 1. The molecule has 1 aliphatic rings. The van der Waals surface area contributed by atoms with E-state index in [0.29, 0.717) is 36.7 Å². The molecule has 1 saturated heterocycles. The number of hydrogen-bond acceptors (Lipinski definition) is 5. The molecule has 0 aliphatic carbocycles. The molecule has 7 nitrogen and oxygen atoms in total. The van der Waals surface area contributed by atoms with E-state index in [-0.39, 0.29) is 11.3 Å². The fourth-order valence-corrected chi connectivity index (χ4v) is 4.29. The SMILES string of the molecule is COc1cccc(C(O)=C2C(=O)C(=O)N(CCCn3ccnc3)C2c2ccc(C(C)C)cc2)c1. The molecule has 4 rings (SSSR count). The lowest BCUT2D eigenvalue weighted by Crippen LogP contribution is -2.31. The predicted molar refractivity (Wildman–Crippen MR) is 129 cm³/mol. The lowest BCUT2D eigenvalue weighted by molar-refractivity contribution is -0.139. The average molecular weight is 460 g/mol. The molecule has 1 atom stereocenters. The monoisotopic (exact) mass is 459 g/mol. The number of ketones is 1. The van der Waals surface area contributed by atoms with Crippen molar-refractivity contribution in [2.45, 2.75) is 38.8 Å². The van der Waals surface area contributed by atoms with Crippen molar-refractivity contribution >= 4 is 17.4 Å².